The van der Waals surface area contributed by atoms with Crippen molar-refractivity contribution in [1.29, 1.82) is 0 Å². The van der Waals surface area contributed by atoms with Crippen molar-refractivity contribution in [3.63, 3.8) is 0 Å². The molecule has 8 nitrogen and oxygen atoms in total. The van der Waals surface area contributed by atoms with Gasteiger partial charge in [0, 0.05) is 26.0 Å². The molecule has 162 valence electrons. The van der Waals surface area contributed by atoms with Gasteiger partial charge in [-0.2, -0.15) is 0 Å². The van der Waals surface area contributed by atoms with Crippen LogP contribution in [0, 0.1) is 0 Å². The molecule has 1 aliphatic heterocycles. The van der Waals surface area contributed by atoms with Gasteiger partial charge in [-0.1, -0.05) is 49.6 Å². The third kappa shape index (κ3) is 5.05. The first-order valence-electron chi connectivity index (χ1n) is 10.5. The minimum absolute atomic E-state index is 0.153. The van der Waals surface area contributed by atoms with Gasteiger partial charge in [-0.3, -0.25) is 9.59 Å². The molecule has 2 aromatic rings. The standard InChI is InChI=1S/C21H28N4O2.CH2O2/c1-27-13-12-24-15-19-22-23-20(17-10-6-3-7-11-17)25(19)18(21(24)26)14-16-8-4-2-5-9-16;2-1-3/h2,4-5,8-9,17-18H,3,6-7,10-15H2,1H3;1H,(H,2,3)/t18-;/m1./s1. The number of amides is 1. The Kier molecular flexibility index (Phi) is 7.96. The molecule has 1 atom stereocenters. The smallest absolute Gasteiger partial charge is 0.290 e. The monoisotopic (exact) mass is 414 g/mol. The average molecular weight is 415 g/mol. The molecule has 1 amide bonds. The first-order valence-corrected chi connectivity index (χ1v) is 10.5. The Morgan fingerprint density at radius 1 is 1.17 bits per heavy atom. The zero-order valence-electron chi connectivity index (χ0n) is 17.4. The Morgan fingerprint density at radius 2 is 1.87 bits per heavy atom. The van der Waals surface area contributed by atoms with Crippen molar-refractivity contribution < 1.29 is 19.4 Å². The SMILES string of the molecule is COCCN1Cc2nnc(C3CCCCC3)n2[C@H](Cc2ccccc2)C1=O.O=CO. The number of carboxylic acid groups (broad SMARTS) is 1. The van der Waals surface area contributed by atoms with Gasteiger partial charge in [0.05, 0.1) is 13.2 Å². The van der Waals surface area contributed by atoms with Crippen LogP contribution in [-0.2, 0) is 27.3 Å². The van der Waals surface area contributed by atoms with Crippen LogP contribution < -0.4 is 0 Å². The fourth-order valence-electron chi connectivity index (χ4n) is 4.40. The molecular weight excluding hydrogens is 384 g/mol. The highest BCUT2D eigenvalue weighted by Crippen LogP contribution is 2.35. The number of hydrogen-bond acceptors (Lipinski definition) is 5. The van der Waals surface area contributed by atoms with Gasteiger partial charge in [0.25, 0.3) is 6.47 Å². The number of ether oxygens (including phenoxy) is 1. The number of fused-ring (bicyclic) bond motifs is 1. The molecule has 1 aromatic carbocycles. The Hall–Kier alpha value is -2.74. The molecule has 4 rings (SSSR count). The summed E-state index contributed by atoms with van der Waals surface area (Å²) < 4.78 is 7.36. The first-order chi connectivity index (χ1) is 14.7. The largest absolute Gasteiger partial charge is 0.483 e. The van der Waals surface area contributed by atoms with E-state index in [1.165, 1.54) is 24.8 Å². The Balaban J connectivity index is 0.000000806. The van der Waals surface area contributed by atoms with Crippen molar-refractivity contribution in [2.24, 2.45) is 0 Å². The molecule has 1 aromatic heterocycles. The Bertz CT molecular complexity index is 818. The van der Waals surface area contributed by atoms with Crippen LogP contribution in [0.5, 0.6) is 0 Å². The van der Waals surface area contributed by atoms with Gasteiger partial charge in [0.1, 0.15) is 11.9 Å². The summed E-state index contributed by atoms with van der Waals surface area (Å²) >= 11 is 0. The van der Waals surface area contributed by atoms with Gasteiger partial charge >= 0.3 is 0 Å². The van der Waals surface area contributed by atoms with Crippen LogP contribution in [0.4, 0.5) is 0 Å². The second kappa shape index (κ2) is 10.9. The normalized spacial score (nSPS) is 19.0. The molecule has 30 heavy (non-hydrogen) atoms. The van der Waals surface area contributed by atoms with E-state index < -0.39 is 0 Å². The van der Waals surface area contributed by atoms with E-state index in [0.29, 0.717) is 32.0 Å². The van der Waals surface area contributed by atoms with Gasteiger partial charge in [-0.25, -0.2) is 0 Å². The summed E-state index contributed by atoms with van der Waals surface area (Å²) in [4.78, 5) is 23.6. The van der Waals surface area contributed by atoms with Crippen LogP contribution >= 0.6 is 0 Å². The van der Waals surface area contributed by atoms with E-state index in [-0.39, 0.29) is 18.4 Å². The molecule has 0 radical (unpaired) electrons. The van der Waals surface area contributed by atoms with E-state index in [1.54, 1.807) is 7.11 Å². The Morgan fingerprint density at radius 3 is 2.53 bits per heavy atom. The number of hydrogen-bond donors (Lipinski definition) is 1. The molecular formula is C22H30N4O4. The highest BCUT2D eigenvalue weighted by atomic mass is 16.5. The Labute approximate surface area is 176 Å². The quantitative estimate of drug-likeness (QED) is 0.730. The predicted octanol–water partition coefficient (Wildman–Crippen LogP) is 2.80. The van der Waals surface area contributed by atoms with Crippen molar-refractivity contribution in [3.8, 4) is 0 Å². The second-order valence-corrected chi connectivity index (χ2v) is 7.74. The van der Waals surface area contributed by atoms with Crippen LogP contribution in [0.25, 0.3) is 0 Å². The molecule has 1 fully saturated rings. The summed E-state index contributed by atoms with van der Waals surface area (Å²) in [6.45, 7) is 1.40. The predicted molar refractivity (Wildman–Crippen MR) is 111 cm³/mol. The van der Waals surface area contributed by atoms with Crippen LogP contribution in [0.15, 0.2) is 30.3 Å². The summed E-state index contributed by atoms with van der Waals surface area (Å²) in [7, 11) is 1.67. The van der Waals surface area contributed by atoms with Gasteiger partial charge in [0.2, 0.25) is 5.91 Å². The van der Waals surface area contributed by atoms with Crippen LogP contribution in [0.2, 0.25) is 0 Å². The van der Waals surface area contributed by atoms with Crippen molar-refractivity contribution >= 4 is 12.4 Å². The number of carbonyl (C=O) groups excluding carboxylic acids is 1. The highest BCUT2D eigenvalue weighted by Gasteiger charge is 2.37. The van der Waals surface area contributed by atoms with E-state index in [2.05, 4.69) is 26.9 Å². The first kappa shape index (κ1) is 22.0. The summed E-state index contributed by atoms with van der Waals surface area (Å²) in [5.41, 5.74) is 1.17. The average Bonchev–Trinajstić information content (AvgIpc) is 3.20. The molecule has 1 saturated carbocycles. The van der Waals surface area contributed by atoms with E-state index >= 15 is 0 Å². The van der Waals surface area contributed by atoms with E-state index in [4.69, 9.17) is 14.6 Å². The minimum Gasteiger partial charge on any atom is -0.483 e. The van der Waals surface area contributed by atoms with Crippen molar-refractivity contribution in [2.45, 2.75) is 57.0 Å². The summed E-state index contributed by atoms with van der Waals surface area (Å²) in [5.74, 6) is 2.51. The highest BCUT2D eigenvalue weighted by molar-refractivity contribution is 5.82. The molecule has 1 aliphatic carbocycles. The van der Waals surface area contributed by atoms with Gasteiger partial charge in [0.15, 0.2) is 5.82 Å². The zero-order valence-corrected chi connectivity index (χ0v) is 17.4. The molecule has 0 spiro atoms. The zero-order chi connectivity index (χ0) is 21.3. The van der Waals surface area contributed by atoms with Gasteiger partial charge in [-0.15, -0.1) is 10.2 Å². The summed E-state index contributed by atoms with van der Waals surface area (Å²) in [5, 5.41) is 15.9. The molecule has 8 heteroatoms. The number of methoxy groups -OCH3 is 1. The summed E-state index contributed by atoms with van der Waals surface area (Å²) in [6, 6.07) is 9.98. The lowest BCUT2D eigenvalue weighted by molar-refractivity contribution is -0.138. The van der Waals surface area contributed by atoms with Crippen molar-refractivity contribution in [2.75, 3.05) is 20.3 Å². The molecule has 2 aliphatic rings. The molecule has 0 saturated heterocycles. The lowest BCUT2D eigenvalue weighted by atomic mass is 9.88. The van der Waals surface area contributed by atoms with E-state index in [0.717, 1.165) is 24.5 Å². The third-order valence-electron chi connectivity index (χ3n) is 5.84. The van der Waals surface area contributed by atoms with Crippen LogP contribution in [0.1, 0.15) is 61.3 Å². The minimum atomic E-state index is -0.264. The molecule has 0 unspecified atom stereocenters. The number of aromatic nitrogens is 3. The van der Waals surface area contributed by atoms with Gasteiger partial charge < -0.3 is 19.3 Å². The number of nitrogens with zero attached hydrogens (tertiary/aromatic N) is 4. The van der Waals surface area contributed by atoms with E-state index in [9.17, 15) is 4.79 Å². The third-order valence-corrected chi connectivity index (χ3v) is 5.84. The van der Waals surface area contributed by atoms with Crippen molar-refractivity contribution in [1.82, 2.24) is 19.7 Å². The number of benzene rings is 1. The molecule has 1 N–H and O–H groups in total. The lowest BCUT2D eigenvalue weighted by Gasteiger charge is -2.35. The maximum atomic E-state index is 13.3. The topological polar surface area (TPSA) is 97.5 Å². The lowest BCUT2D eigenvalue weighted by Crippen LogP contribution is -2.45. The maximum Gasteiger partial charge on any atom is 0.290 e. The van der Waals surface area contributed by atoms with Crippen molar-refractivity contribution in [3.05, 3.63) is 47.5 Å². The number of rotatable bonds is 6. The van der Waals surface area contributed by atoms with Crippen LogP contribution in [0.3, 0.4) is 0 Å². The van der Waals surface area contributed by atoms with Crippen LogP contribution in [-0.4, -0.2) is 57.4 Å². The second-order valence-electron chi connectivity index (χ2n) is 7.74. The fourth-order valence-corrected chi connectivity index (χ4v) is 4.40. The molecule has 2 heterocycles. The summed E-state index contributed by atoms with van der Waals surface area (Å²) in [6.07, 6.45) is 6.76. The maximum absolute atomic E-state index is 13.3. The van der Waals surface area contributed by atoms with Gasteiger partial charge in [-0.05, 0) is 18.4 Å². The fraction of sp³-hybridized carbons (Fsp3) is 0.545. The number of carbonyl (C=O) groups is 2. The molecule has 0 bridgehead atoms. The van der Waals surface area contributed by atoms with E-state index in [1.807, 2.05) is 23.1 Å².